The minimum atomic E-state index is -3.93. The summed E-state index contributed by atoms with van der Waals surface area (Å²) >= 11 is 0. The number of nitrogens with zero attached hydrogens (tertiary/aromatic N) is 1. The number of amides is 2. The molecule has 0 atom stereocenters. The van der Waals surface area contributed by atoms with Crippen molar-refractivity contribution in [2.45, 2.75) is 18.7 Å². The minimum absolute atomic E-state index is 0.0255. The maximum absolute atomic E-state index is 12.5. The van der Waals surface area contributed by atoms with E-state index in [1.54, 1.807) is 19.9 Å². The number of carbonyl (C=O) groups is 2. The number of carbonyl (C=O) groups excluding carboxylic acids is 2. The largest absolute Gasteiger partial charge is 0.398 e. The fourth-order valence-electron chi connectivity index (χ4n) is 2.04. The Balaban J connectivity index is 2.50. The van der Waals surface area contributed by atoms with Gasteiger partial charge in [0, 0.05) is 5.69 Å². The van der Waals surface area contributed by atoms with Crippen molar-refractivity contribution < 1.29 is 18.0 Å². The van der Waals surface area contributed by atoms with Crippen LogP contribution in [-0.4, -0.2) is 37.6 Å². The summed E-state index contributed by atoms with van der Waals surface area (Å²) in [6, 6.07) is 3.15. The Labute approximate surface area is 116 Å². The lowest BCUT2D eigenvalue weighted by Crippen LogP contribution is -2.53. The fourth-order valence-corrected chi connectivity index (χ4v) is 3.73. The average molecular weight is 297 g/mol. The van der Waals surface area contributed by atoms with Crippen LogP contribution >= 0.6 is 0 Å². The van der Waals surface area contributed by atoms with Gasteiger partial charge in [0.25, 0.3) is 0 Å². The highest BCUT2D eigenvalue weighted by Gasteiger charge is 2.34. The maximum atomic E-state index is 12.5. The van der Waals surface area contributed by atoms with E-state index in [1.165, 1.54) is 6.07 Å². The first-order valence-corrected chi connectivity index (χ1v) is 7.35. The summed E-state index contributed by atoms with van der Waals surface area (Å²) in [6.45, 7) is 2.57. The zero-order valence-electron chi connectivity index (χ0n) is 11.1. The number of aryl methyl sites for hydroxylation is 1. The number of benzene rings is 1. The van der Waals surface area contributed by atoms with Gasteiger partial charge in [0.2, 0.25) is 21.8 Å². The molecule has 20 heavy (non-hydrogen) atoms. The monoisotopic (exact) mass is 297 g/mol. The van der Waals surface area contributed by atoms with Crippen molar-refractivity contribution in [3.8, 4) is 0 Å². The first kappa shape index (κ1) is 14.5. The molecule has 0 aliphatic carbocycles. The highest BCUT2D eigenvalue weighted by Crippen LogP contribution is 2.26. The third-order valence-electron chi connectivity index (χ3n) is 3.08. The summed E-state index contributed by atoms with van der Waals surface area (Å²) in [7, 11) is -3.93. The molecule has 0 radical (unpaired) electrons. The van der Waals surface area contributed by atoms with Gasteiger partial charge in [0.1, 0.15) is 0 Å². The number of rotatable bonds is 2. The molecule has 1 aromatic rings. The molecule has 1 aliphatic rings. The van der Waals surface area contributed by atoms with Crippen LogP contribution in [0.2, 0.25) is 0 Å². The van der Waals surface area contributed by atoms with Crippen LogP contribution in [-0.2, 0) is 19.6 Å². The van der Waals surface area contributed by atoms with Crippen molar-refractivity contribution in [1.82, 2.24) is 9.62 Å². The van der Waals surface area contributed by atoms with E-state index in [2.05, 4.69) is 5.32 Å². The first-order valence-electron chi connectivity index (χ1n) is 5.91. The second-order valence-corrected chi connectivity index (χ2v) is 6.63. The number of imide groups is 1. The number of piperazine rings is 1. The lowest BCUT2D eigenvalue weighted by Gasteiger charge is -2.25. The predicted octanol–water partition coefficient (Wildman–Crippen LogP) is -0.467. The molecule has 0 spiro atoms. The number of anilines is 1. The van der Waals surface area contributed by atoms with Gasteiger partial charge in [-0.1, -0.05) is 0 Å². The summed E-state index contributed by atoms with van der Waals surface area (Å²) in [5.74, 6) is -1.27. The van der Waals surface area contributed by atoms with Crippen molar-refractivity contribution >= 4 is 27.5 Å². The van der Waals surface area contributed by atoms with Crippen LogP contribution in [0.4, 0.5) is 5.69 Å². The highest BCUT2D eigenvalue weighted by atomic mass is 32.2. The van der Waals surface area contributed by atoms with Crippen LogP contribution in [0.15, 0.2) is 17.0 Å². The van der Waals surface area contributed by atoms with Gasteiger partial charge in [-0.2, -0.15) is 4.31 Å². The number of nitrogens with one attached hydrogen (secondary N) is 1. The molecule has 0 saturated carbocycles. The Hall–Kier alpha value is -1.93. The Morgan fingerprint density at radius 2 is 1.70 bits per heavy atom. The van der Waals surface area contributed by atoms with Gasteiger partial charge in [-0.05, 0) is 37.1 Å². The van der Waals surface area contributed by atoms with Crippen LogP contribution in [0.3, 0.4) is 0 Å². The zero-order valence-corrected chi connectivity index (χ0v) is 12.0. The van der Waals surface area contributed by atoms with Crippen molar-refractivity contribution in [1.29, 1.82) is 0 Å². The topological polar surface area (TPSA) is 110 Å². The van der Waals surface area contributed by atoms with Crippen molar-refractivity contribution in [2.75, 3.05) is 18.8 Å². The predicted molar refractivity (Wildman–Crippen MR) is 72.2 cm³/mol. The number of hydrogen-bond acceptors (Lipinski definition) is 5. The summed E-state index contributed by atoms with van der Waals surface area (Å²) in [6.07, 6.45) is 0. The second kappa shape index (κ2) is 4.88. The zero-order chi connectivity index (χ0) is 15.1. The summed E-state index contributed by atoms with van der Waals surface area (Å²) in [4.78, 5) is 22.7. The summed E-state index contributed by atoms with van der Waals surface area (Å²) < 4.78 is 25.9. The van der Waals surface area contributed by atoms with Crippen LogP contribution < -0.4 is 11.1 Å². The van der Waals surface area contributed by atoms with Crippen LogP contribution in [0.25, 0.3) is 0 Å². The molecule has 1 saturated heterocycles. The number of nitrogen functional groups attached to an aromatic ring is 1. The van der Waals surface area contributed by atoms with E-state index in [-0.39, 0.29) is 18.0 Å². The van der Waals surface area contributed by atoms with Crippen molar-refractivity contribution in [2.24, 2.45) is 0 Å². The molecule has 2 amide bonds. The molecule has 1 fully saturated rings. The second-order valence-electron chi connectivity index (χ2n) is 4.72. The minimum Gasteiger partial charge on any atom is -0.398 e. The highest BCUT2D eigenvalue weighted by molar-refractivity contribution is 7.89. The van der Waals surface area contributed by atoms with Gasteiger partial charge < -0.3 is 5.73 Å². The van der Waals surface area contributed by atoms with Gasteiger partial charge in [0.05, 0.1) is 18.0 Å². The standard InChI is InChI=1S/C12H15N3O4S/c1-7-3-9(13)8(2)10(4-7)20(18,19)15-5-11(16)14-12(17)6-15/h3-4H,5-6,13H2,1-2H3,(H,14,16,17). The van der Waals surface area contributed by atoms with E-state index >= 15 is 0 Å². The lowest BCUT2D eigenvalue weighted by molar-refractivity contribution is -0.134. The quantitative estimate of drug-likeness (QED) is 0.566. The van der Waals surface area contributed by atoms with E-state index < -0.39 is 21.8 Å². The maximum Gasteiger partial charge on any atom is 0.244 e. The van der Waals surface area contributed by atoms with Gasteiger partial charge in [0.15, 0.2) is 0 Å². The number of nitrogens with two attached hydrogens (primary N) is 1. The van der Waals surface area contributed by atoms with Crippen LogP contribution in [0, 0.1) is 13.8 Å². The Morgan fingerprint density at radius 1 is 1.15 bits per heavy atom. The Bertz CT molecular complexity index is 681. The smallest absolute Gasteiger partial charge is 0.244 e. The van der Waals surface area contributed by atoms with Gasteiger partial charge >= 0.3 is 0 Å². The fraction of sp³-hybridized carbons (Fsp3) is 0.333. The third-order valence-corrected chi connectivity index (χ3v) is 5.00. The molecule has 1 aliphatic heterocycles. The van der Waals surface area contributed by atoms with Crippen molar-refractivity contribution in [3.05, 3.63) is 23.3 Å². The number of sulfonamides is 1. The SMILES string of the molecule is Cc1cc(N)c(C)c(S(=O)(=O)N2CC(=O)NC(=O)C2)c1. The molecule has 1 aromatic carbocycles. The van der Waals surface area contributed by atoms with E-state index in [9.17, 15) is 18.0 Å². The number of hydrogen-bond donors (Lipinski definition) is 2. The van der Waals surface area contributed by atoms with Crippen LogP contribution in [0.5, 0.6) is 0 Å². The van der Waals surface area contributed by atoms with E-state index in [1.807, 2.05) is 0 Å². The van der Waals surface area contributed by atoms with Gasteiger partial charge in [-0.15, -0.1) is 0 Å². The molecule has 0 aromatic heterocycles. The average Bonchev–Trinajstić information content (AvgIpc) is 2.32. The van der Waals surface area contributed by atoms with E-state index in [4.69, 9.17) is 5.73 Å². The molecule has 7 nitrogen and oxygen atoms in total. The molecule has 0 bridgehead atoms. The van der Waals surface area contributed by atoms with E-state index in [0.717, 1.165) is 4.31 Å². The molecule has 1 heterocycles. The lowest BCUT2D eigenvalue weighted by atomic mass is 10.1. The molecule has 8 heteroatoms. The third kappa shape index (κ3) is 2.52. The Kier molecular flexibility index (Phi) is 3.53. The van der Waals surface area contributed by atoms with Gasteiger partial charge in [-0.3, -0.25) is 14.9 Å². The molecule has 2 rings (SSSR count). The summed E-state index contributed by atoms with van der Waals surface area (Å²) in [5.41, 5.74) is 7.24. The van der Waals surface area contributed by atoms with Crippen molar-refractivity contribution in [3.63, 3.8) is 0 Å². The molecule has 108 valence electrons. The Morgan fingerprint density at radius 3 is 2.25 bits per heavy atom. The normalized spacial score (nSPS) is 17.1. The molecular formula is C12H15N3O4S. The van der Waals surface area contributed by atoms with Gasteiger partial charge in [-0.25, -0.2) is 8.42 Å². The van der Waals surface area contributed by atoms with Crippen LogP contribution in [0.1, 0.15) is 11.1 Å². The summed E-state index contributed by atoms with van der Waals surface area (Å²) in [5, 5.41) is 2.06. The molecular weight excluding hydrogens is 282 g/mol. The first-order chi connectivity index (χ1) is 9.21. The molecule has 0 unspecified atom stereocenters. The molecule has 3 N–H and O–H groups in total. The van der Waals surface area contributed by atoms with E-state index in [0.29, 0.717) is 16.8 Å².